The average Bonchev–Trinajstić information content (AvgIpc) is 2.94. The van der Waals surface area contributed by atoms with Crippen molar-refractivity contribution in [3.8, 4) is 0 Å². The second-order valence-electron chi connectivity index (χ2n) is 6.30. The smallest absolute Gasteiger partial charge is 0.202 e. The maximum atomic E-state index is 5.81. The molecule has 0 bridgehead atoms. The van der Waals surface area contributed by atoms with Gasteiger partial charge in [0, 0.05) is 41.4 Å². The van der Waals surface area contributed by atoms with Crippen molar-refractivity contribution >= 4 is 16.7 Å². The zero-order valence-corrected chi connectivity index (χ0v) is 12.3. The molecule has 0 spiro atoms. The normalized spacial score (nSPS) is 33.3. The second kappa shape index (κ2) is 4.17. The zero-order chi connectivity index (χ0) is 12.9. The van der Waals surface area contributed by atoms with Crippen LogP contribution in [0.2, 0.25) is 0 Å². The molecule has 2 aliphatic rings. The van der Waals surface area contributed by atoms with Crippen LogP contribution in [0.3, 0.4) is 0 Å². The lowest BCUT2D eigenvalue weighted by Crippen LogP contribution is -2.63. The zero-order valence-electron chi connectivity index (χ0n) is 11.4. The SMILES string of the molecule is CC(C)c1nsc(NC2C3CCOC3C2(C)C)n1. The number of fused-ring (bicyclic) bond motifs is 1. The predicted octanol–water partition coefficient (Wildman–Crippen LogP) is 2.89. The fourth-order valence-electron chi connectivity index (χ4n) is 3.28. The van der Waals surface area contributed by atoms with E-state index in [-0.39, 0.29) is 5.41 Å². The quantitative estimate of drug-likeness (QED) is 0.914. The number of hydrogen-bond acceptors (Lipinski definition) is 5. The van der Waals surface area contributed by atoms with E-state index in [9.17, 15) is 0 Å². The van der Waals surface area contributed by atoms with Crippen molar-refractivity contribution in [2.45, 2.75) is 52.2 Å². The Hall–Kier alpha value is -0.680. The monoisotopic (exact) mass is 267 g/mol. The Morgan fingerprint density at radius 2 is 2.22 bits per heavy atom. The van der Waals surface area contributed by atoms with Crippen LogP contribution >= 0.6 is 11.5 Å². The van der Waals surface area contributed by atoms with E-state index in [1.165, 1.54) is 18.0 Å². The molecule has 1 aliphatic carbocycles. The third-order valence-electron chi connectivity index (χ3n) is 4.34. The number of rotatable bonds is 3. The fourth-order valence-corrected chi connectivity index (χ4v) is 4.02. The lowest BCUT2D eigenvalue weighted by atomic mass is 9.57. The third-order valence-corrected chi connectivity index (χ3v) is 5.00. The lowest BCUT2D eigenvalue weighted by molar-refractivity contribution is -0.0923. The molecule has 1 aliphatic heterocycles. The number of nitrogens with one attached hydrogen (secondary N) is 1. The number of anilines is 1. The Kier molecular flexibility index (Phi) is 2.86. The van der Waals surface area contributed by atoms with Crippen molar-refractivity contribution in [2.75, 3.05) is 11.9 Å². The van der Waals surface area contributed by atoms with Crippen LogP contribution in [0.15, 0.2) is 0 Å². The van der Waals surface area contributed by atoms with E-state index in [1.807, 2.05) is 0 Å². The molecule has 3 unspecified atom stereocenters. The molecule has 1 aromatic rings. The molecular weight excluding hydrogens is 246 g/mol. The molecule has 0 radical (unpaired) electrons. The minimum Gasteiger partial charge on any atom is -0.377 e. The van der Waals surface area contributed by atoms with Crippen LogP contribution in [0.4, 0.5) is 5.13 Å². The first kappa shape index (κ1) is 12.4. The maximum absolute atomic E-state index is 5.81. The van der Waals surface area contributed by atoms with Crippen molar-refractivity contribution in [2.24, 2.45) is 11.3 Å². The van der Waals surface area contributed by atoms with Gasteiger partial charge in [-0.15, -0.1) is 0 Å². The van der Waals surface area contributed by atoms with E-state index < -0.39 is 0 Å². The van der Waals surface area contributed by atoms with E-state index in [2.05, 4.69) is 42.4 Å². The van der Waals surface area contributed by atoms with Crippen LogP contribution in [0, 0.1) is 11.3 Å². The van der Waals surface area contributed by atoms with Crippen molar-refractivity contribution < 1.29 is 4.74 Å². The summed E-state index contributed by atoms with van der Waals surface area (Å²) >= 11 is 1.48. The van der Waals surface area contributed by atoms with Crippen LogP contribution in [0.1, 0.15) is 45.9 Å². The van der Waals surface area contributed by atoms with E-state index in [4.69, 9.17) is 4.74 Å². The van der Waals surface area contributed by atoms with Crippen LogP contribution < -0.4 is 5.32 Å². The van der Waals surface area contributed by atoms with Gasteiger partial charge in [0.2, 0.25) is 5.13 Å². The van der Waals surface area contributed by atoms with Crippen LogP contribution in [-0.2, 0) is 4.74 Å². The molecule has 3 rings (SSSR count). The molecule has 4 nitrogen and oxygen atoms in total. The summed E-state index contributed by atoms with van der Waals surface area (Å²) in [6, 6.07) is 0.470. The summed E-state index contributed by atoms with van der Waals surface area (Å²) in [7, 11) is 0. The molecule has 1 saturated carbocycles. The minimum atomic E-state index is 0.199. The van der Waals surface area contributed by atoms with Gasteiger partial charge < -0.3 is 10.1 Å². The molecule has 2 fully saturated rings. The van der Waals surface area contributed by atoms with Crippen LogP contribution in [0.25, 0.3) is 0 Å². The van der Waals surface area contributed by atoms with Gasteiger partial charge in [-0.25, -0.2) is 4.98 Å². The van der Waals surface area contributed by atoms with Gasteiger partial charge in [0.1, 0.15) is 5.82 Å². The van der Waals surface area contributed by atoms with Gasteiger partial charge in [0.25, 0.3) is 0 Å². The van der Waals surface area contributed by atoms with Gasteiger partial charge in [-0.1, -0.05) is 27.7 Å². The fraction of sp³-hybridized carbons (Fsp3) is 0.846. The van der Waals surface area contributed by atoms with Crippen LogP contribution in [0.5, 0.6) is 0 Å². The largest absolute Gasteiger partial charge is 0.377 e. The first-order valence-corrected chi connectivity index (χ1v) is 7.49. The minimum absolute atomic E-state index is 0.199. The first-order valence-electron chi connectivity index (χ1n) is 6.72. The Labute approximate surface area is 112 Å². The van der Waals surface area contributed by atoms with Gasteiger partial charge in [-0.3, -0.25) is 0 Å². The molecule has 2 heterocycles. The molecule has 1 aromatic heterocycles. The number of nitrogens with zero attached hydrogens (tertiary/aromatic N) is 2. The highest BCUT2D eigenvalue weighted by Gasteiger charge is 2.59. The summed E-state index contributed by atoms with van der Waals surface area (Å²) in [4.78, 5) is 4.57. The van der Waals surface area contributed by atoms with Gasteiger partial charge in [0.15, 0.2) is 0 Å². The standard InChI is InChI=1S/C13H21N3OS/c1-7(2)11-15-12(18-16-11)14-9-8-5-6-17-10(8)13(9,3)4/h7-10H,5-6H2,1-4H3,(H,14,15,16). The van der Waals surface area contributed by atoms with Gasteiger partial charge in [-0.2, -0.15) is 4.37 Å². The Morgan fingerprint density at radius 3 is 2.89 bits per heavy atom. The molecule has 18 heavy (non-hydrogen) atoms. The summed E-state index contributed by atoms with van der Waals surface area (Å²) in [5.74, 6) is 1.99. The average molecular weight is 267 g/mol. The Bertz CT molecular complexity index is 443. The molecule has 5 heteroatoms. The lowest BCUT2D eigenvalue weighted by Gasteiger charge is -2.54. The Balaban J connectivity index is 1.72. The highest BCUT2D eigenvalue weighted by Crippen LogP contribution is 2.53. The van der Waals surface area contributed by atoms with Crippen molar-refractivity contribution in [1.29, 1.82) is 0 Å². The van der Waals surface area contributed by atoms with E-state index in [0.717, 1.165) is 17.6 Å². The molecular formula is C13H21N3OS. The summed E-state index contributed by atoms with van der Waals surface area (Å²) in [5.41, 5.74) is 0.199. The van der Waals surface area contributed by atoms with Crippen molar-refractivity contribution in [3.05, 3.63) is 5.82 Å². The number of aromatic nitrogens is 2. The van der Waals surface area contributed by atoms with Crippen molar-refractivity contribution in [1.82, 2.24) is 9.36 Å². The maximum Gasteiger partial charge on any atom is 0.202 e. The number of ether oxygens (including phenoxy) is 1. The number of hydrogen-bond donors (Lipinski definition) is 1. The highest BCUT2D eigenvalue weighted by molar-refractivity contribution is 7.09. The topological polar surface area (TPSA) is 47.0 Å². The highest BCUT2D eigenvalue weighted by atomic mass is 32.1. The summed E-state index contributed by atoms with van der Waals surface area (Å²) in [5, 5.41) is 4.54. The molecule has 0 aromatic carbocycles. The third kappa shape index (κ3) is 1.75. The molecule has 1 N–H and O–H groups in total. The summed E-state index contributed by atoms with van der Waals surface area (Å²) < 4.78 is 10.2. The van der Waals surface area contributed by atoms with Gasteiger partial charge >= 0.3 is 0 Å². The van der Waals surface area contributed by atoms with E-state index in [0.29, 0.717) is 24.0 Å². The summed E-state index contributed by atoms with van der Waals surface area (Å²) in [6.07, 6.45) is 1.59. The molecule has 0 amide bonds. The van der Waals surface area contributed by atoms with Crippen molar-refractivity contribution in [3.63, 3.8) is 0 Å². The molecule has 3 atom stereocenters. The predicted molar refractivity (Wildman–Crippen MR) is 73.0 cm³/mol. The summed E-state index contributed by atoms with van der Waals surface area (Å²) in [6.45, 7) is 9.72. The molecule has 1 saturated heterocycles. The first-order chi connectivity index (χ1) is 8.50. The Morgan fingerprint density at radius 1 is 1.44 bits per heavy atom. The van der Waals surface area contributed by atoms with E-state index in [1.54, 1.807) is 0 Å². The van der Waals surface area contributed by atoms with E-state index >= 15 is 0 Å². The van der Waals surface area contributed by atoms with Gasteiger partial charge in [-0.05, 0) is 6.42 Å². The second-order valence-corrected chi connectivity index (χ2v) is 7.05. The van der Waals surface area contributed by atoms with Crippen LogP contribution in [-0.4, -0.2) is 28.1 Å². The molecule has 100 valence electrons. The van der Waals surface area contributed by atoms with Gasteiger partial charge in [0.05, 0.1) is 6.10 Å².